The fraction of sp³-hybridized carbons (Fsp3) is 0.400. The molecule has 0 amide bonds. The molecule has 21 heavy (non-hydrogen) atoms. The molecule has 6 heteroatoms. The lowest BCUT2D eigenvalue weighted by molar-refractivity contribution is -0.386. The number of rotatable bonds is 5. The van der Waals surface area contributed by atoms with E-state index in [0.717, 1.165) is 49.5 Å². The molecule has 0 aliphatic heterocycles. The van der Waals surface area contributed by atoms with Crippen molar-refractivity contribution >= 4 is 11.7 Å². The number of nitro benzene ring substituents is 1. The molecule has 0 N–H and O–H groups in total. The van der Waals surface area contributed by atoms with E-state index < -0.39 is 16.5 Å². The molecule has 0 radical (unpaired) electrons. The molecule has 1 saturated carbocycles. The Bertz CT molecular complexity index is 602. The highest BCUT2D eigenvalue weighted by molar-refractivity contribution is 5.87. The van der Waals surface area contributed by atoms with Crippen molar-refractivity contribution in [3.63, 3.8) is 0 Å². The monoisotopic (exact) mass is 290 g/mol. The Labute approximate surface area is 122 Å². The first-order chi connectivity index (χ1) is 9.85. The number of ether oxygens (including phenoxy) is 1. The van der Waals surface area contributed by atoms with Crippen molar-refractivity contribution in [2.45, 2.75) is 38.2 Å². The molecule has 1 aromatic rings. The summed E-state index contributed by atoms with van der Waals surface area (Å²) in [4.78, 5) is 21.4. The smallest absolute Gasteiger partial charge is 0.311 e. The van der Waals surface area contributed by atoms with E-state index in [9.17, 15) is 20.0 Å². The molecule has 112 valence electrons. The zero-order chi connectivity index (χ0) is 15.6. The minimum atomic E-state index is -1.40. The van der Waals surface area contributed by atoms with Crippen LogP contribution in [0.25, 0.3) is 0 Å². The van der Waals surface area contributed by atoms with Gasteiger partial charge in [0.2, 0.25) is 0 Å². The van der Waals surface area contributed by atoms with Crippen molar-refractivity contribution in [1.82, 2.24) is 0 Å². The van der Waals surface area contributed by atoms with E-state index >= 15 is 0 Å². The average molecular weight is 290 g/mol. The second kappa shape index (κ2) is 5.55. The predicted molar refractivity (Wildman–Crippen MR) is 74.1 cm³/mol. The van der Waals surface area contributed by atoms with Gasteiger partial charge in [-0.3, -0.25) is 10.1 Å². The summed E-state index contributed by atoms with van der Waals surface area (Å²) >= 11 is 0. The summed E-state index contributed by atoms with van der Waals surface area (Å²) in [6.07, 6.45) is 3.33. The molecule has 1 aliphatic rings. The topological polar surface area (TPSA) is 92.5 Å². The van der Waals surface area contributed by atoms with Crippen LogP contribution in [-0.2, 0) is 0 Å². The highest BCUT2D eigenvalue weighted by atomic mass is 16.6. The van der Waals surface area contributed by atoms with E-state index in [4.69, 9.17) is 4.74 Å². The Morgan fingerprint density at radius 2 is 2.00 bits per heavy atom. The van der Waals surface area contributed by atoms with E-state index in [1.165, 1.54) is 0 Å². The first kappa shape index (κ1) is 15.0. The van der Waals surface area contributed by atoms with Gasteiger partial charge in [0.15, 0.2) is 5.75 Å². The fourth-order valence-electron chi connectivity index (χ4n) is 2.65. The van der Waals surface area contributed by atoms with Gasteiger partial charge in [-0.15, -0.1) is 0 Å². The van der Waals surface area contributed by atoms with Crippen LogP contribution >= 0.6 is 0 Å². The van der Waals surface area contributed by atoms with Gasteiger partial charge in [0, 0.05) is 11.6 Å². The van der Waals surface area contributed by atoms with Crippen LogP contribution in [0.5, 0.6) is 5.75 Å². The van der Waals surface area contributed by atoms with Crippen LogP contribution in [-0.4, -0.2) is 16.5 Å². The molecule has 0 heterocycles. The molecule has 0 unspecified atom stereocenters. The van der Waals surface area contributed by atoms with Gasteiger partial charge in [-0.25, -0.2) is 0 Å². The average Bonchev–Trinajstić information content (AvgIpc) is 2.88. The Balaban J connectivity index is 2.45. The van der Waals surface area contributed by atoms with E-state index in [1.807, 2.05) is 6.92 Å². The van der Waals surface area contributed by atoms with E-state index in [0.29, 0.717) is 0 Å². The van der Waals surface area contributed by atoms with Gasteiger partial charge in [0.05, 0.1) is 10.9 Å². The molecular weight excluding hydrogens is 274 g/mol. The Hall–Kier alpha value is -2.37. The van der Waals surface area contributed by atoms with Gasteiger partial charge in [0.25, 0.3) is 0 Å². The molecule has 0 saturated heterocycles. The molecular formula is C15H16NO5-. The number of hydrogen-bond acceptors (Lipinski definition) is 5. The number of carbonyl (C=O) groups is 1. The standard InChI is InChI=1S/C15H17NO5/c1-10(2)15(7-3-4-8-15)21-13-9-11(14(17)18)5-6-12(13)16(19)20/h5-6,9H,1,3-4,7-8H2,2H3,(H,17,18)/p-1. The lowest BCUT2D eigenvalue weighted by atomic mass is 9.94. The molecule has 0 atom stereocenters. The molecule has 1 fully saturated rings. The van der Waals surface area contributed by atoms with Crippen LogP contribution in [0.1, 0.15) is 43.0 Å². The zero-order valence-electron chi connectivity index (χ0n) is 11.8. The van der Waals surface area contributed by atoms with Gasteiger partial charge >= 0.3 is 5.69 Å². The Morgan fingerprint density at radius 1 is 1.38 bits per heavy atom. The van der Waals surface area contributed by atoms with Gasteiger partial charge in [-0.2, -0.15) is 0 Å². The summed E-state index contributed by atoms with van der Waals surface area (Å²) in [5, 5.41) is 22.0. The maximum absolute atomic E-state index is 11.1. The minimum absolute atomic E-state index is 0.0494. The number of benzene rings is 1. The third-order valence-electron chi connectivity index (χ3n) is 3.89. The van der Waals surface area contributed by atoms with Gasteiger partial charge in [0.1, 0.15) is 5.60 Å². The van der Waals surface area contributed by atoms with Crippen LogP contribution in [0.2, 0.25) is 0 Å². The van der Waals surface area contributed by atoms with E-state index in [-0.39, 0.29) is 17.0 Å². The maximum Gasteiger partial charge on any atom is 0.311 e. The number of carbonyl (C=O) groups excluding carboxylic acids is 1. The van der Waals surface area contributed by atoms with Crippen LogP contribution in [0.4, 0.5) is 5.69 Å². The van der Waals surface area contributed by atoms with Gasteiger partial charge < -0.3 is 14.6 Å². The van der Waals surface area contributed by atoms with E-state index in [2.05, 4.69) is 6.58 Å². The number of nitrogens with zero attached hydrogens (tertiary/aromatic N) is 1. The maximum atomic E-state index is 11.1. The first-order valence-corrected chi connectivity index (χ1v) is 6.70. The number of carboxylic acid groups (broad SMARTS) is 1. The molecule has 2 rings (SSSR count). The third-order valence-corrected chi connectivity index (χ3v) is 3.89. The minimum Gasteiger partial charge on any atom is -0.545 e. The quantitative estimate of drug-likeness (QED) is 0.471. The van der Waals surface area contributed by atoms with E-state index in [1.54, 1.807) is 0 Å². The SMILES string of the molecule is C=C(C)C1(Oc2cc(C(=O)[O-])ccc2[N+](=O)[O-])CCCC1. The molecule has 0 aromatic heterocycles. The second-order valence-corrected chi connectivity index (χ2v) is 5.31. The second-order valence-electron chi connectivity index (χ2n) is 5.31. The zero-order valence-corrected chi connectivity index (χ0v) is 11.8. The third kappa shape index (κ3) is 2.89. The van der Waals surface area contributed by atoms with Gasteiger partial charge in [-0.05, 0) is 50.3 Å². The summed E-state index contributed by atoms with van der Waals surface area (Å²) in [6, 6.07) is 3.42. The number of nitro groups is 1. The van der Waals surface area contributed by atoms with Crippen molar-refractivity contribution in [3.05, 3.63) is 46.0 Å². The normalized spacial score (nSPS) is 16.4. The lowest BCUT2D eigenvalue weighted by Crippen LogP contribution is -2.34. The predicted octanol–water partition coefficient (Wildman–Crippen LogP) is 2.23. The molecule has 6 nitrogen and oxygen atoms in total. The van der Waals surface area contributed by atoms with Crippen LogP contribution in [0.3, 0.4) is 0 Å². The van der Waals surface area contributed by atoms with Gasteiger partial charge in [-0.1, -0.05) is 6.58 Å². The van der Waals surface area contributed by atoms with Crippen LogP contribution in [0, 0.1) is 10.1 Å². The van der Waals surface area contributed by atoms with Crippen molar-refractivity contribution in [2.75, 3.05) is 0 Å². The van der Waals surface area contributed by atoms with Crippen molar-refractivity contribution in [1.29, 1.82) is 0 Å². The number of aromatic carboxylic acids is 1. The number of hydrogen-bond donors (Lipinski definition) is 0. The highest BCUT2D eigenvalue weighted by Gasteiger charge is 2.38. The highest BCUT2D eigenvalue weighted by Crippen LogP contribution is 2.41. The number of carboxylic acids is 1. The molecule has 1 aliphatic carbocycles. The van der Waals surface area contributed by atoms with Crippen molar-refractivity contribution in [2.24, 2.45) is 0 Å². The summed E-state index contributed by atoms with van der Waals surface area (Å²) < 4.78 is 5.88. The first-order valence-electron chi connectivity index (χ1n) is 6.70. The summed E-state index contributed by atoms with van der Waals surface area (Å²) in [6.45, 7) is 5.73. The Morgan fingerprint density at radius 3 is 2.48 bits per heavy atom. The molecule has 1 aromatic carbocycles. The van der Waals surface area contributed by atoms with Crippen molar-refractivity contribution < 1.29 is 19.6 Å². The summed E-state index contributed by atoms with van der Waals surface area (Å²) in [5.41, 5.74) is -0.277. The summed E-state index contributed by atoms with van der Waals surface area (Å²) in [7, 11) is 0. The summed E-state index contributed by atoms with van der Waals surface area (Å²) in [5.74, 6) is -1.45. The Kier molecular flexibility index (Phi) is 3.97. The molecule has 0 spiro atoms. The van der Waals surface area contributed by atoms with Crippen LogP contribution < -0.4 is 9.84 Å². The molecule has 0 bridgehead atoms. The van der Waals surface area contributed by atoms with Crippen LogP contribution in [0.15, 0.2) is 30.4 Å². The fourth-order valence-corrected chi connectivity index (χ4v) is 2.65. The van der Waals surface area contributed by atoms with Crippen molar-refractivity contribution in [3.8, 4) is 5.75 Å². The largest absolute Gasteiger partial charge is 0.545 e. The lowest BCUT2D eigenvalue weighted by Gasteiger charge is -2.30.